The second-order valence-electron chi connectivity index (χ2n) is 3.87. The first kappa shape index (κ1) is 12.9. The van der Waals surface area contributed by atoms with E-state index in [-0.39, 0.29) is 5.48 Å². The van der Waals surface area contributed by atoms with Crippen molar-refractivity contribution < 1.29 is 10.2 Å². The predicted molar refractivity (Wildman–Crippen MR) is 56.0 cm³/mol. The summed E-state index contributed by atoms with van der Waals surface area (Å²) < 4.78 is 5.15. The van der Waals surface area contributed by atoms with Crippen LogP contribution in [0.2, 0.25) is 0 Å². The van der Waals surface area contributed by atoms with Gasteiger partial charge in [-0.3, -0.25) is 0 Å². The maximum atomic E-state index is 5.15. The predicted octanol–water partition coefficient (Wildman–Crippen LogP) is 2.70. The van der Waals surface area contributed by atoms with Gasteiger partial charge < -0.3 is 10.2 Å². The van der Waals surface area contributed by atoms with E-state index in [1.807, 2.05) is 0 Å². The molecule has 1 fully saturated rings. The second-order valence-corrected chi connectivity index (χ2v) is 3.87. The van der Waals surface area contributed by atoms with Crippen molar-refractivity contribution in [2.45, 2.75) is 64.4 Å². The van der Waals surface area contributed by atoms with Gasteiger partial charge in [0.1, 0.15) is 0 Å². The zero-order valence-electron chi connectivity index (χ0n) is 8.85. The van der Waals surface area contributed by atoms with Crippen molar-refractivity contribution in [3.63, 3.8) is 0 Å². The van der Waals surface area contributed by atoms with E-state index in [9.17, 15) is 0 Å². The summed E-state index contributed by atoms with van der Waals surface area (Å²) in [6.45, 7) is 3.31. The lowest BCUT2D eigenvalue weighted by Crippen LogP contribution is -1.85. The van der Waals surface area contributed by atoms with Crippen LogP contribution in [-0.4, -0.2) is 18.2 Å². The molecule has 80 valence electrons. The number of hydrogen-bond donors (Lipinski definition) is 0. The second kappa shape index (κ2) is 8.52. The standard InChI is InChI=1S/C11H22O.H2O/c1-2-3-4-5-6-7-8-9-11-10-12-11;/h11H,2-10H2,1H3;1H2. The zero-order chi connectivity index (χ0) is 8.65. The quantitative estimate of drug-likeness (QED) is 0.426. The molecule has 1 aliphatic rings. The van der Waals surface area contributed by atoms with Crippen LogP contribution in [0.4, 0.5) is 0 Å². The first-order chi connectivity index (χ1) is 5.93. The van der Waals surface area contributed by atoms with Crippen molar-refractivity contribution in [3.8, 4) is 0 Å². The highest BCUT2D eigenvalue weighted by Crippen LogP contribution is 2.18. The summed E-state index contributed by atoms with van der Waals surface area (Å²) >= 11 is 0. The normalized spacial score (nSPS) is 19.6. The monoisotopic (exact) mass is 188 g/mol. The van der Waals surface area contributed by atoms with Gasteiger partial charge in [0.25, 0.3) is 0 Å². The molecule has 2 nitrogen and oxygen atoms in total. The lowest BCUT2D eigenvalue weighted by Gasteiger charge is -1.98. The van der Waals surface area contributed by atoms with Crippen LogP contribution in [0.5, 0.6) is 0 Å². The molecule has 1 rings (SSSR count). The molecule has 2 N–H and O–H groups in total. The topological polar surface area (TPSA) is 44.0 Å². The van der Waals surface area contributed by atoms with E-state index in [0.717, 1.165) is 6.61 Å². The Balaban J connectivity index is 0.00000144. The van der Waals surface area contributed by atoms with E-state index < -0.39 is 0 Å². The third kappa shape index (κ3) is 8.26. The van der Waals surface area contributed by atoms with Crippen LogP contribution in [0.3, 0.4) is 0 Å². The summed E-state index contributed by atoms with van der Waals surface area (Å²) in [4.78, 5) is 0. The summed E-state index contributed by atoms with van der Waals surface area (Å²) in [7, 11) is 0. The number of epoxide rings is 1. The highest BCUT2D eigenvalue weighted by Gasteiger charge is 2.20. The molecule has 0 aromatic heterocycles. The van der Waals surface area contributed by atoms with Gasteiger partial charge in [0.2, 0.25) is 0 Å². The molecule has 0 aromatic rings. The summed E-state index contributed by atoms with van der Waals surface area (Å²) in [6, 6.07) is 0. The van der Waals surface area contributed by atoms with Gasteiger partial charge in [-0.15, -0.1) is 0 Å². The summed E-state index contributed by atoms with van der Waals surface area (Å²) in [6.07, 6.45) is 11.9. The Hall–Kier alpha value is -0.0800. The van der Waals surface area contributed by atoms with Crippen molar-refractivity contribution in [3.05, 3.63) is 0 Å². The van der Waals surface area contributed by atoms with Crippen LogP contribution in [0.15, 0.2) is 0 Å². The third-order valence-corrected chi connectivity index (χ3v) is 2.53. The molecule has 0 aromatic carbocycles. The third-order valence-electron chi connectivity index (χ3n) is 2.53. The Morgan fingerprint density at radius 2 is 1.54 bits per heavy atom. The van der Waals surface area contributed by atoms with Gasteiger partial charge in [0.15, 0.2) is 0 Å². The van der Waals surface area contributed by atoms with Crippen molar-refractivity contribution >= 4 is 0 Å². The molecule has 0 bridgehead atoms. The Bertz CT molecular complexity index is 100. The van der Waals surface area contributed by atoms with Gasteiger partial charge in [-0.2, -0.15) is 0 Å². The molecule has 2 heteroatoms. The van der Waals surface area contributed by atoms with E-state index in [0.29, 0.717) is 6.10 Å². The van der Waals surface area contributed by atoms with Crippen LogP contribution in [-0.2, 0) is 4.74 Å². The van der Waals surface area contributed by atoms with E-state index in [1.165, 1.54) is 51.4 Å². The van der Waals surface area contributed by atoms with Crippen molar-refractivity contribution in [2.24, 2.45) is 0 Å². The number of hydrogen-bond acceptors (Lipinski definition) is 1. The molecule has 0 aliphatic carbocycles. The van der Waals surface area contributed by atoms with E-state index >= 15 is 0 Å². The maximum Gasteiger partial charge on any atom is 0.0810 e. The fourth-order valence-corrected chi connectivity index (χ4v) is 1.56. The van der Waals surface area contributed by atoms with Gasteiger partial charge in [-0.25, -0.2) is 0 Å². The lowest BCUT2D eigenvalue weighted by atomic mass is 10.1. The Morgan fingerprint density at radius 3 is 2.08 bits per heavy atom. The van der Waals surface area contributed by atoms with Crippen LogP contribution in [0.25, 0.3) is 0 Å². The van der Waals surface area contributed by atoms with Crippen LogP contribution >= 0.6 is 0 Å². The van der Waals surface area contributed by atoms with Crippen molar-refractivity contribution in [1.29, 1.82) is 0 Å². The minimum Gasteiger partial charge on any atom is -0.412 e. The zero-order valence-corrected chi connectivity index (χ0v) is 8.85. The fraction of sp³-hybridized carbons (Fsp3) is 1.00. The maximum absolute atomic E-state index is 5.15. The van der Waals surface area contributed by atoms with E-state index in [4.69, 9.17) is 4.74 Å². The number of rotatable bonds is 8. The minimum absolute atomic E-state index is 0. The first-order valence-corrected chi connectivity index (χ1v) is 5.55. The minimum atomic E-state index is 0. The summed E-state index contributed by atoms with van der Waals surface area (Å²) in [5.74, 6) is 0. The number of ether oxygens (including phenoxy) is 1. The van der Waals surface area contributed by atoms with Crippen LogP contribution in [0.1, 0.15) is 58.3 Å². The smallest absolute Gasteiger partial charge is 0.0810 e. The molecule has 1 saturated heterocycles. The molecule has 1 aliphatic heterocycles. The number of unbranched alkanes of at least 4 members (excludes halogenated alkanes) is 6. The molecule has 0 spiro atoms. The van der Waals surface area contributed by atoms with E-state index in [2.05, 4.69) is 6.92 Å². The van der Waals surface area contributed by atoms with Gasteiger partial charge in [0, 0.05) is 0 Å². The average Bonchev–Trinajstić information content (AvgIpc) is 2.87. The van der Waals surface area contributed by atoms with E-state index in [1.54, 1.807) is 0 Å². The Labute approximate surface area is 82.0 Å². The first-order valence-electron chi connectivity index (χ1n) is 5.55. The average molecular weight is 188 g/mol. The molecular weight excluding hydrogens is 164 g/mol. The van der Waals surface area contributed by atoms with Gasteiger partial charge in [-0.1, -0.05) is 51.9 Å². The van der Waals surface area contributed by atoms with Crippen molar-refractivity contribution in [1.82, 2.24) is 0 Å². The van der Waals surface area contributed by atoms with Gasteiger partial charge in [-0.05, 0) is 6.42 Å². The largest absolute Gasteiger partial charge is 0.412 e. The molecule has 13 heavy (non-hydrogen) atoms. The molecule has 0 saturated carbocycles. The Morgan fingerprint density at radius 1 is 1.00 bits per heavy atom. The lowest BCUT2D eigenvalue weighted by molar-refractivity contribution is 0.387. The van der Waals surface area contributed by atoms with Crippen LogP contribution < -0.4 is 0 Å². The van der Waals surface area contributed by atoms with Gasteiger partial charge >= 0.3 is 0 Å². The Kier molecular flexibility index (Phi) is 8.46. The highest BCUT2D eigenvalue weighted by molar-refractivity contribution is 4.68. The molecule has 1 atom stereocenters. The SMILES string of the molecule is CCCCCCCCCC1CO1.O. The molecule has 1 heterocycles. The highest BCUT2D eigenvalue weighted by atomic mass is 16.6. The van der Waals surface area contributed by atoms with Crippen molar-refractivity contribution in [2.75, 3.05) is 6.61 Å². The molecule has 0 radical (unpaired) electrons. The molecule has 1 unspecified atom stereocenters. The summed E-state index contributed by atoms with van der Waals surface area (Å²) in [5.41, 5.74) is 0. The summed E-state index contributed by atoms with van der Waals surface area (Å²) in [5, 5.41) is 0. The molecule has 0 amide bonds. The molecular formula is C11H24O2. The van der Waals surface area contributed by atoms with Crippen LogP contribution in [0, 0.1) is 0 Å². The van der Waals surface area contributed by atoms with Gasteiger partial charge in [0.05, 0.1) is 12.7 Å². The fourth-order valence-electron chi connectivity index (χ4n) is 1.56.